The molecule has 11 nitrogen and oxygen atoms in total. The summed E-state index contributed by atoms with van der Waals surface area (Å²) in [6.45, 7) is -0.295. The van der Waals surface area contributed by atoms with E-state index in [9.17, 15) is 28.0 Å². The molecule has 1 aliphatic rings. The number of hydrogen-bond donors (Lipinski definition) is 2. The van der Waals surface area contributed by atoms with Crippen LogP contribution < -0.4 is 10.2 Å². The fourth-order valence-corrected chi connectivity index (χ4v) is 5.62. The quantitative estimate of drug-likeness (QED) is 0.227. The minimum absolute atomic E-state index is 0.173. The lowest BCUT2D eigenvalue weighted by molar-refractivity contribution is -0.148. The van der Waals surface area contributed by atoms with Crippen molar-refractivity contribution < 1.29 is 37.6 Å². The van der Waals surface area contributed by atoms with Crippen molar-refractivity contribution in [3.05, 3.63) is 83.9 Å². The van der Waals surface area contributed by atoms with Gasteiger partial charge in [-0.05, 0) is 53.9 Å². The molecule has 2 N–H and O–H groups in total. The van der Waals surface area contributed by atoms with Crippen LogP contribution >= 0.6 is 0 Å². The van der Waals surface area contributed by atoms with E-state index in [1.807, 2.05) is 12.1 Å². The van der Waals surface area contributed by atoms with Gasteiger partial charge >= 0.3 is 0 Å². The highest BCUT2D eigenvalue weighted by Crippen LogP contribution is 2.27. The van der Waals surface area contributed by atoms with Gasteiger partial charge in [0.15, 0.2) is 0 Å². The monoisotopic (exact) mass is 539 g/mol. The summed E-state index contributed by atoms with van der Waals surface area (Å²) in [4.78, 5) is 43.7. The highest BCUT2D eigenvalue weighted by Gasteiger charge is 2.40. The fraction of sp³-hybridized carbons (Fsp3) is 0.192. The summed E-state index contributed by atoms with van der Waals surface area (Å²) in [5.74, 6) is -1.54. The van der Waals surface area contributed by atoms with Gasteiger partial charge in [0.1, 0.15) is 11.8 Å². The lowest BCUT2D eigenvalue weighted by atomic mass is 10.1. The van der Waals surface area contributed by atoms with Gasteiger partial charge in [-0.15, -0.1) is 0 Å². The number of carbonyl (C=O) groups is 3. The molecule has 1 aliphatic heterocycles. The predicted octanol–water partition coefficient (Wildman–Crippen LogP) is 2.47. The molecule has 38 heavy (non-hydrogen) atoms. The van der Waals surface area contributed by atoms with Gasteiger partial charge in [-0.2, -0.15) is 0 Å². The summed E-state index contributed by atoms with van der Waals surface area (Å²) in [5.41, 5.74) is 3.44. The zero-order valence-electron chi connectivity index (χ0n) is 20.5. The number of amides is 3. The van der Waals surface area contributed by atoms with Crippen molar-refractivity contribution in [3.8, 4) is 16.9 Å². The van der Waals surface area contributed by atoms with Crippen molar-refractivity contribution in [3.63, 3.8) is 0 Å². The Balaban J connectivity index is 1.56. The third-order valence-electron chi connectivity index (χ3n) is 6.16. The summed E-state index contributed by atoms with van der Waals surface area (Å²) < 4.78 is 32.5. The van der Waals surface area contributed by atoms with E-state index in [0.717, 1.165) is 23.1 Å². The molecule has 4 rings (SSSR count). The van der Waals surface area contributed by atoms with Crippen molar-refractivity contribution in [2.45, 2.75) is 17.4 Å². The second kappa shape index (κ2) is 11.1. The van der Waals surface area contributed by atoms with Crippen LogP contribution in [0.4, 0.5) is 0 Å². The molecular formula is C26H25N3O8S. The number of fused-ring (bicyclic) bond motifs is 1. The molecule has 0 aromatic heterocycles. The minimum Gasteiger partial charge on any atom is -0.497 e. The Hall–Kier alpha value is -4.10. The molecular weight excluding hydrogens is 514 g/mol. The number of ether oxygens (including phenoxy) is 1. The Bertz CT molecular complexity index is 1420. The number of rotatable bonds is 10. The van der Waals surface area contributed by atoms with Crippen LogP contribution in [0.15, 0.2) is 77.7 Å². The van der Waals surface area contributed by atoms with Crippen molar-refractivity contribution in [1.29, 1.82) is 0 Å². The van der Waals surface area contributed by atoms with Crippen molar-refractivity contribution in [1.82, 2.24) is 14.8 Å². The molecule has 3 amide bonds. The Labute approximate surface area is 219 Å². The first-order chi connectivity index (χ1) is 18.2. The molecule has 1 heterocycles. The smallest absolute Gasteiger partial charge is 0.265 e. The van der Waals surface area contributed by atoms with E-state index in [-0.39, 0.29) is 29.0 Å². The normalized spacial score (nSPS) is 13.9. The van der Waals surface area contributed by atoms with Crippen molar-refractivity contribution >= 4 is 27.7 Å². The third kappa shape index (κ3) is 5.02. The maximum absolute atomic E-state index is 13.4. The predicted molar refractivity (Wildman–Crippen MR) is 135 cm³/mol. The van der Waals surface area contributed by atoms with Crippen molar-refractivity contribution in [2.24, 2.45) is 0 Å². The summed E-state index contributed by atoms with van der Waals surface area (Å²) in [6, 6.07) is 17.8. The molecule has 0 bridgehead atoms. The molecule has 0 radical (unpaired) electrons. The number of benzene rings is 3. The molecule has 12 heteroatoms. The van der Waals surface area contributed by atoms with Crippen LogP contribution in [-0.4, -0.2) is 67.5 Å². The Morgan fingerprint density at radius 3 is 1.92 bits per heavy atom. The van der Waals surface area contributed by atoms with Gasteiger partial charge in [0.25, 0.3) is 27.7 Å². The number of imide groups is 1. The number of methoxy groups -OCH3 is 1. The van der Waals surface area contributed by atoms with Crippen LogP contribution in [0.1, 0.15) is 27.1 Å². The lowest BCUT2D eigenvalue weighted by Crippen LogP contribution is -2.50. The maximum Gasteiger partial charge on any atom is 0.265 e. The highest BCUT2D eigenvalue weighted by atomic mass is 32.2. The lowest BCUT2D eigenvalue weighted by Gasteiger charge is -2.28. The largest absolute Gasteiger partial charge is 0.497 e. The van der Waals surface area contributed by atoms with Gasteiger partial charge in [-0.3, -0.25) is 29.3 Å². The molecule has 198 valence electrons. The summed E-state index contributed by atoms with van der Waals surface area (Å²) in [6.07, 6.45) is -0.338. The minimum atomic E-state index is -4.41. The van der Waals surface area contributed by atoms with E-state index in [4.69, 9.17) is 9.57 Å². The second-order valence-electron chi connectivity index (χ2n) is 8.28. The molecule has 1 atom stereocenters. The molecule has 3 aromatic carbocycles. The zero-order valence-corrected chi connectivity index (χ0v) is 21.3. The molecule has 0 aliphatic carbocycles. The fourth-order valence-electron chi connectivity index (χ4n) is 4.20. The molecule has 0 spiro atoms. The number of carbonyl (C=O) groups excluding carboxylic acids is 3. The van der Waals surface area contributed by atoms with Gasteiger partial charge in [0, 0.05) is 6.54 Å². The third-order valence-corrected chi connectivity index (χ3v) is 7.91. The van der Waals surface area contributed by atoms with Gasteiger partial charge in [-0.1, -0.05) is 40.9 Å². The molecule has 0 fully saturated rings. The molecule has 0 unspecified atom stereocenters. The standard InChI is InChI=1S/C26H25N3O8S/c1-36-19-11-7-17(8-12-19)18-9-13-20(14-10-18)38(34,35)29(37-2)23(24(30)27-33)15-16-28-25(31)21-5-3-4-6-22(21)26(28)32/h3-14,23,33H,15-16H2,1-2H3,(H,27,30)/t23-/m1/s1. The maximum atomic E-state index is 13.4. The van der Waals surface area contributed by atoms with Gasteiger partial charge < -0.3 is 4.74 Å². The highest BCUT2D eigenvalue weighted by molar-refractivity contribution is 7.89. The van der Waals surface area contributed by atoms with Crippen LogP contribution in [0, 0.1) is 0 Å². The van der Waals surface area contributed by atoms with E-state index in [1.54, 1.807) is 43.5 Å². The summed E-state index contributed by atoms with van der Waals surface area (Å²) in [5, 5.41) is 9.29. The van der Waals surface area contributed by atoms with E-state index >= 15 is 0 Å². The molecule has 0 saturated carbocycles. The average molecular weight is 540 g/mol. The number of nitrogens with zero attached hydrogens (tertiary/aromatic N) is 2. The Kier molecular flexibility index (Phi) is 7.88. The molecule has 3 aromatic rings. The van der Waals surface area contributed by atoms with Gasteiger partial charge in [-0.25, -0.2) is 13.9 Å². The number of nitrogens with one attached hydrogen (secondary N) is 1. The summed E-state index contributed by atoms with van der Waals surface area (Å²) >= 11 is 0. The van der Waals surface area contributed by atoms with E-state index in [0.29, 0.717) is 10.2 Å². The van der Waals surface area contributed by atoms with Crippen molar-refractivity contribution in [2.75, 3.05) is 20.8 Å². The van der Waals surface area contributed by atoms with E-state index in [1.165, 1.54) is 29.7 Å². The van der Waals surface area contributed by atoms with E-state index in [2.05, 4.69) is 0 Å². The first-order valence-corrected chi connectivity index (χ1v) is 12.9. The Morgan fingerprint density at radius 2 is 1.45 bits per heavy atom. The number of hydroxylamine groups is 2. The zero-order chi connectivity index (χ0) is 27.4. The number of hydrogen-bond acceptors (Lipinski definition) is 8. The van der Waals surface area contributed by atoms with E-state index < -0.39 is 33.8 Å². The van der Waals surface area contributed by atoms with Gasteiger partial charge in [0.05, 0.1) is 30.2 Å². The van der Waals surface area contributed by atoms with Gasteiger partial charge in [0.2, 0.25) is 0 Å². The topological polar surface area (TPSA) is 143 Å². The average Bonchev–Trinajstić information content (AvgIpc) is 3.19. The SMILES string of the molecule is COc1ccc(-c2ccc(S(=O)(=O)N(OC)[C@H](CCN3C(=O)c4ccccc4C3=O)C(=O)NO)cc2)cc1. The second-order valence-corrected chi connectivity index (χ2v) is 10.1. The molecule has 0 saturated heterocycles. The van der Waals surface area contributed by atoms with Crippen LogP contribution in [0.5, 0.6) is 5.75 Å². The van der Waals surface area contributed by atoms with Crippen LogP contribution in [0.25, 0.3) is 11.1 Å². The summed E-state index contributed by atoms with van der Waals surface area (Å²) in [7, 11) is -1.80. The van der Waals surface area contributed by atoms with Crippen LogP contribution in [0.2, 0.25) is 0 Å². The first kappa shape index (κ1) is 26.9. The van der Waals surface area contributed by atoms with Crippen LogP contribution in [0.3, 0.4) is 0 Å². The Morgan fingerprint density at radius 1 is 0.921 bits per heavy atom. The number of sulfonamides is 1. The van der Waals surface area contributed by atoms with Crippen LogP contribution in [-0.2, 0) is 19.7 Å². The first-order valence-electron chi connectivity index (χ1n) is 11.4.